The van der Waals surface area contributed by atoms with E-state index in [1.165, 1.54) is 19.1 Å². The van der Waals surface area contributed by atoms with Crippen LogP contribution in [0.3, 0.4) is 0 Å². The lowest BCUT2D eigenvalue weighted by Crippen LogP contribution is -2.37. The highest BCUT2D eigenvalue weighted by Gasteiger charge is 2.40. The molecule has 3 aliphatic rings. The smallest absolute Gasteiger partial charge is 0.335 e. The van der Waals surface area contributed by atoms with Gasteiger partial charge in [0.1, 0.15) is 5.69 Å². The van der Waals surface area contributed by atoms with E-state index >= 15 is 0 Å². The third-order valence-electron chi connectivity index (χ3n) is 5.18. The van der Waals surface area contributed by atoms with Gasteiger partial charge in [0, 0.05) is 0 Å². The number of carbonyl (C=O) groups excluding carboxylic acids is 1. The summed E-state index contributed by atoms with van der Waals surface area (Å²) in [6.45, 7) is 0. The van der Waals surface area contributed by atoms with E-state index in [0.717, 1.165) is 19.3 Å². The van der Waals surface area contributed by atoms with Gasteiger partial charge in [0.05, 0.1) is 12.2 Å². The van der Waals surface area contributed by atoms with E-state index in [4.69, 9.17) is 20.9 Å². The summed E-state index contributed by atoms with van der Waals surface area (Å²) in [7, 11) is 0. The van der Waals surface area contributed by atoms with E-state index in [9.17, 15) is 9.18 Å². The van der Waals surface area contributed by atoms with E-state index in [1.807, 2.05) is 0 Å². The standard InChI is InChI=1S/C17H17ClFN3O3/c18-17-20-14(12-2-1-7-24-12)13(19)15(21-17)22-25-16(23)11-8-9-3-5-10(11)6-4-9/h1-2,7,9-11H,3-6,8H2,(H,20,21,22). The fraction of sp³-hybridized carbons (Fsp3) is 0.471. The Hall–Kier alpha value is -2.15. The predicted octanol–water partition coefficient (Wildman–Crippen LogP) is 4.23. The molecule has 6 nitrogen and oxygen atoms in total. The topological polar surface area (TPSA) is 77.2 Å². The molecule has 1 unspecified atom stereocenters. The molecule has 2 aromatic rings. The molecule has 3 aliphatic carbocycles. The number of fused-ring (bicyclic) bond motifs is 3. The second kappa shape index (κ2) is 6.63. The molecule has 1 N–H and O–H groups in total. The van der Waals surface area contributed by atoms with Crippen LogP contribution in [0.25, 0.3) is 11.5 Å². The summed E-state index contributed by atoms with van der Waals surface area (Å²) in [5.74, 6) is -0.429. The highest BCUT2D eigenvalue weighted by atomic mass is 35.5. The molecule has 0 aromatic carbocycles. The first-order valence-electron chi connectivity index (χ1n) is 8.35. The number of carbonyl (C=O) groups is 1. The van der Waals surface area contributed by atoms with E-state index in [0.29, 0.717) is 11.8 Å². The third-order valence-corrected chi connectivity index (χ3v) is 5.35. The van der Waals surface area contributed by atoms with Gasteiger partial charge < -0.3 is 9.25 Å². The lowest BCUT2D eigenvalue weighted by Gasteiger charge is -2.40. The van der Waals surface area contributed by atoms with Crippen molar-refractivity contribution < 1.29 is 18.4 Å². The van der Waals surface area contributed by atoms with Crippen molar-refractivity contribution in [1.82, 2.24) is 9.97 Å². The molecule has 8 heteroatoms. The predicted molar refractivity (Wildman–Crippen MR) is 88.0 cm³/mol. The van der Waals surface area contributed by atoms with Crippen LogP contribution in [0.2, 0.25) is 5.28 Å². The first kappa shape index (κ1) is 16.3. The Bertz CT molecular complexity index is 776. The van der Waals surface area contributed by atoms with Gasteiger partial charge in [-0.15, -0.1) is 0 Å². The summed E-state index contributed by atoms with van der Waals surface area (Å²) in [4.78, 5) is 25.1. The van der Waals surface area contributed by atoms with Crippen LogP contribution >= 0.6 is 11.6 Å². The summed E-state index contributed by atoms with van der Waals surface area (Å²) in [6, 6.07) is 3.16. The van der Waals surface area contributed by atoms with E-state index in [-0.39, 0.29) is 34.4 Å². The largest absolute Gasteiger partial charge is 0.463 e. The van der Waals surface area contributed by atoms with Gasteiger partial charge in [-0.05, 0) is 54.8 Å². The normalized spacial score (nSPS) is 25.0. The van der Waals surface area contributed by atoms with Gasteiger partial charge >= 0.3 is 5.97 Å². The SMILES string of the molecule is O=C(ONc1nc(Cl)nc(-c2ccco2)c1F)C1CC2CCC1CC2. The van der Waals surface area contributed by atoms with E-state index in [2.05, 4.69) is 15.4 Å². The monoisotopic (exact) mass is 365 g/mol. The number of rotatable bonds is 4. The van der Waals surface area contributed by atoms with Crippen molar-refractivity contribution >= 4 is 23.4 Å². The molecule has 3 saturated carbocycles. The van der Waals surface area contributed by atoms with Crippen LogP contribution in [-0.2, 0) is 9.63 Å². The first-order valence-corrected chi connectivity index (χ1v) is 8.73. The third kappa shape index (κ3) is 3.20. The van der Waals surface area contributed by atoms with E-state index in [1.54, 1.807) is 12.1 Å². The number of halogens is 2. The number of aromatic nitrogens is 2. The molecule has 0 spiro atoms. The van der Waals surface area contributed by atoms with Crippen molar-refractivity contribution in [3.63, 3.8) is 0 Å². The van der Waals surface area contributed by atoms with Crippen molar-refractivity contribution in [2.45, 2.75) is 32.1 Å². The van der Waals surface area contributed by atoms with Gasteiger partial charge in [-0.25, -0.2) is 14.2 Å². The van der Waals surface area contributed by atoms with Gasteiger partial charge in [-0.2, -0.15) is 10.5 Å². The van der Waals surface area contributed by atoms with Gasteiger partial charge in [0.15, 0.2) is 11.6 Å². The van der Waals surface area contributed by atoms with Crippen molar-refractivity contribution in [2.24, 2.45) is 17.8 Å². The maximum atomic E-state index is 14.6. The molecule has 3 fully saturated rings. The van der Waals surface area contributed by atoms with Crippen LogP contribution in [-0.4, -0.2) is 15.9 Å². The maximum absolute atomic E-state index is 14.6. The molecule has 0 aliphatic heterocycles. The zero-order valence-corrected chi connectivity index (χ0v) is 14.1. The van der Waals surface area contributed by atoms with Gasteiger partial charge in [-0.3, -0.25) is 0 Å². The van der Waals surface area contributed by atoms with Crippen LogP contribution in [0.5, 0.6) is 0 Å². The minimum atomic E-state index is -0.794. The zero-order chi connectivity index (χ0) is 17.4. The molecule has 132 valence electrons. The summed E-state index contributed by atoms with van der Waals surface area (Å²) in [5, 5.41) is -0.178. The lowest BCUT2D eigenvalue weighted by atomic mass is 9.65. The highest BCUT2D eigenvalue weighted by Crippen LogP contribution is 2.45. The summed E-state index contributed by atoms with van der Waals surface area (Å²) < 4.78 is 19.7. The molecule has 5 rings (SSSR count). The Labute approximate surface area is 148 Å². The average molecular weight is 366 g/mol. The number of hydrogen-bond acceptors (Lipinski definition) is 6. The van der Waals surface area contributed by atoms with Crippen molar-refractivity contribution in [2.75, 3.05) is 5.48 Å². The number of anilines is 1. The van der Waals surface area contributed by atoms with Gasteiger partial charge in [-0.1, -0.05) is 12.8 Å². The number of hydrogen-bond donors (Lipinski definition) is 1. The molecule has 0 radical (unpaired) electrons. The molecule has 2 heterocycles. The van der Waals surface area contributed by atoms with Gasteiger partial charge in [0.2, 0.25) is 11.1 Å². The lowest BCUT2D eigenvalue weighted by molar-refractivity contribution is -0.151. The Balaban J connectivity index is 1.48. The second-order valence-corrected chi connectivity index (χ2v) is 6.97. The summed E-state index contributed by atoms with van der Waals surface area (Å²) in [5.41, 5.74) is 2.21. The van der Waals surface area contributed by atoms with E-state index < -0.39 is 5.82 Å². The van der Waals surface area contributed by atoms with Crippen LogP contribution in [0.4, 0.5) is 10.2 Å². The van der Waals surface area contributed by atoms with Crippen molar-refractivity contribution in [1.29, 1.82) is 0 Å². The van der Waals surface area contributed by atoms with Crippen molar-refractivity contribution in [3.8, 4) is 11.5 Å². The number of furan rings is 1. The van der Waals surface area contributed by atoms with Crippen molar-refractivity contribution in [3.05, 3.63) is 29.5 Å². The Kier molecular flexibility index (Phi) is 4.33. The molecule has 0 amide bonds. The maximum Gasteiger partial charge on any atom is 0.335 e. The zero-order valence-electron chi connectivity index (χ0n) is 13.4. The first-order chi connectivity index (χ1) is 12.1. The highest BCUT2D eigenvalue weighted by molar-refractivity contribution is 6.28. The molecule has 25 heavy (non-hydrogen) atoms. The second-order valence-electron chi connectivity index (χ2n) is 6.63. The Morgan fingerprint density at radius 1 is 1.32 bits per heavy atom. The average Bonchev–Trinajstić information content (AvgIpc) is 3.17. The summed E-state index contributed by atoms with van der Waals surface area (Å²) >= 11 is 5.84. The molecular formula is C17H17ClFN3O3. The molecule has 0 saturated heterocycles. The van der Waals surface area contributed by atoms with Crippen LogP contribution in [0.15, 0.2) is 22.8 Å². The Morgan fingerprint density at radius 2 is 2.12 bits per heavy atom. The summed E-state index contributed by atoms with van der Waals surface area (Å²) in [6.07, 6.45) is 6.72. The molecule has 2 bridgehead atoms. The minimum Gasteiger partial charge on any atom is -0.463 e. The van der Waals surface area contributed by atoms with Gasteiger partial charge in [0.25, 0.3) is 0 Å². The minimum absolute atomic E-state index is 0.0970. The quantitative estimate of drug-likeness (QED) is 0.645. The fourth-order valence-electron chi connectivity index (χ4n) is 3.90. The fourth-order valence-corrected chi connectivity index (χ4v) is 4.07. The molecule has 2 aromatic heterocycles. The van der Waals surface area contributed by atoms with Crippen LogP contribution < -0.4 is 5.48 Å². The number of nitrogens with one attached hydrogen (secondary N) is 1. The van der Waals surface area contributed by atoms with Crippen LogP contribution in [0.1, 0.15) is 32.1 Å². The Morgan fingerprint density at radius 3 is 2.76 bits per heavy atom. The number of nitrogens with zero attached hydrogens (tertiary/aromatic N) is 2. The van der Waals surface area contributed by atoms with Crippen LogP contribution in [0, 0.1) is 23.6 Å². The molecule has 1 atom stereocenters. The molecular weight excluding hydrogens is 349 g/mol.